The summed E-state index contributed by atoms with van der Waals surface area (Å²) in [6.45, 7) is 1.57. The van der Waals surface area contributed by atoms with Crippen molar-refractivity contribution in [3.05, 3.63) is 29.6 Å². The molecule has 1 aromatic rings. The summed E-state index contributed by atoms with van der Waals surface area (Å²) in [6, 6.07) is 4.17. The summed E-state index contributed by atoms with van der Waals surface area (Å²) in [7, 11) is -1.47. The third kappa shape index (κ3) is 4.10. The first kappa shape index (κ1) is 14.6. The minimum absolute atomic E-state index is 0.0442. The topological polar surface area (TPSA) is 54.5 Å². The molecule has 0 bridgehead atoms. The molecule has 0 heterocycles. The minimum atomic E-state index is -3.08. The lowest BCUT2D eigenvalue weighted by Gasteiger charge is -2.19. The van der Waals surface area contributed by atoms with Crippen LogP contribution in [0.25, 0.3) is 0 Å². The molecule has 4 nitrogen and oxygen atoms in total. The smallest absolute Gasteiger partial charge is 0.159 e. The van der Waals surface area contributed by atoms with Crippen LogP contribution < -0.4 is 4.90 Å². The number of benzene rings is 1. The fourth-order valence-corrected chi connectivity index (χ4v) is 2.06. The van der Waals surface area contributed by atoms with Gasteiger partial charge in [-0.05, 0) is 25.1 Å². The lowest BCUT2D eigenvalue weighted by Crippen LogP contribution is -2.25. The van der Waals surface area contributed by atoms with Crippen molar-refractivity contribution in [3.63, 3.8) is 0 Å². The number of anilines is 1. The van der Waals surface area contributed by atoms with E-state index >= 15 is 0 Å². The molecule has 0 amide bonds. The third-order valence-corrected chi connectivity index (χ3v) is 3.49. The first-order valence-electron chi connectivity index (χ1n) is 5.40. The number of ketones is 1. The summed E-state index contributed by atoms with van der Waals surface area (Å²) in [5, 5.41) is 0. The number of hydrogen-bond acceptors (Lipinski definition) is 4. The van der Waals surface area contributed by atoms with Gasteiger partial charge in [-0.1, -0.05) is 0 Å². The van der Waals surface area contributed by atoms with Gasteiger partial charge in [0, 0.05) is 25.4 Å². The molecule has 6 heteroatoms. The van der Waals surface area contributed by atoms with E-state index in [1.165, 1.54) is 24.0 Å². The number of nitrogens with zero attached hydrogens (tertiary/aromatic N) is 1. The highest BCUT2D eigenvalue weighted by molar-refractivity contribution is 7.90. The molecule has 0 N–H and O–H groups in total. The standard InChI is InChI=1S/C12H16FNO3S/c1-9(15)10-4-5-12(11(13)8-10)14(2)6-7-18(3,16)17/h4-5,8H,6-7H2,1-3H3. The van der Waals surface area contributed by atoms with Crippen molar-refractivity contribution >= 4 is 21.3 Å². The largest absolute Gasteiger partial charge is 0.371 e. The average Bonchev–Trinajstić information content (AvgIpc) is 2.24. The number of carbonyl (C=O) groups excluding carboxylic acids is 1. The predicted molar refractivity (Wildman–Crippen MR) is 69.4 cm³/mol. The van der Waals surface area contributed by atoms with E-state index in [2.05, 4.69) is 0 Å². The van der Waals surface area contributed by atoms with Gasteiger partial charge in [0.2, 0.25) is 0 Å². The second-order valence-electron chi connectivity index (χ2n) is 4.27. The van der Waals surface area contributed by atoms with Crippen LogP contribution in [-0.4, -0.2) is 39.8 Å². The SMILES string of the molecule is CC(=O)c1ccc(N(C)CCS(C)(=O)=O)c(F)c1. The second-order valence-corrected chi connectivity index (χ2v) is 6.53. The van der Waals surface area contributed by atoms with Crippen molar-refractivity contribution in [2.24, 2.45) is 0 Å². The number of halogens is 1. The Hall–Kier alpha value is -1.43. The van der Waals surface area contributed by atoms with Crippen LogP contribution in [0.15, 0.2) is 18.2 Å². The van der Waals surface area contributed by atoms with Crippen LogP contribution >= 0.6 is 0 Å². The molecular formula is C12H16FNO3S. The molecule has 0 fully saturated rings. The molecule has 0 saturated heterocycles. The Balaban J connectivity index is 2.87. The van der Waals surface area contributed by atoms with Crippen molar-refractivity contribution in [2.75, 3.05) is 30.5 Å². The van der Waals surface area contributed by atoms with Gasteiger partial charge in [0.25, 0.3) is 0 Å². The van der Waals surface area contributed by atoms with Gasteiger partial charge < -0.3 is 4.90 Å². The number of hydrogen-bond donors (Lipinski definition) is 0. The van der Waals surface area contributed by atoms with Gasteiger partial charge in [0.05, 0.1) is 11.4 Å². The van der Waals surface area contributed by atoms with E-state index < -0.39 is 15.7 Å². The van der Waals surface area contributed by atoms with Crippen molar-refractivity contribution in [3.8, 4) is 0 Å². The highest BCUT2D eigenvalue weighted by Crippen LogP contribution is 2.19. The lowest BCUT2D eigenvalue weighted by atomic mass is 10.1. The first-order valence-corrected chi connectivity index (χ1v) is 7.46. The molecular weight excluding hydrogens is 257 g/mol. The van der Waals surface area contributed by atoms with Gasteiger partial charge in [-0.15, -0.1) is 0 Å². The van der Waals surface area contributed by atoms with Crippen LogP contribution in [0.2, 0.25) is 0 Å². The van der Waals surface area contributed by atoms with Gasteiger partial charge in [-0.25, -0.2) is 12.8 Å². The monoisotopic (exact) mass is 273 g/mol. The zero-order valence-corrected chi connectivity index (χ0v) is 11.4. The van der Waals surface area contributed by atoms with E-state index in [1.54, 1.807) is 7.05 Å². The summed E-state index contributed by atoms with van der Waals surface area (Å²) < 4.78 is 35.8. The molecule has 100 valence electrons. The highest BCUT2D eigenvalue weighted by atomic mass is 32.2. The number of carbonyl (C=O) groups is 1. The van der Waals surface area contributed by atoms with Gasteiger partial charge in [-0.2, -0.15) is 0 Å². The fraction of sp³-hybridized carbons (Fsp3) is 0.417. The molecule has 0 atom stereocenters. The fourth-order valence-electron chi connectivity index (χ4n) is 1.46. The molecule has 1 rings (SSSR count). The molecule has 0 aliphatic heterocycles. The Labute approximate surface area is 106 Å². The van der Waals surface area contributed by atoms with Gasteiger partial charge >= 0.3 is 0 Å². The minimum Gasteiger partial charge on any atom is -0.371 e. The third-order valence-electron chi connectivity index (χ3n) is 2.56. The maximum Gasteiger partial charge on any atom is 0.159 e. The Bertz CT molecular complexity index is 554. The maximum absolute atomic E-state index is 13.7. The Kier molecular flexibility index (Phi) is 4.45. The Morgan fingerprint density at radius 3 is 2.44 bits per heavy atom. The molecule has 0 radical (unpaired) electrons. The maximum atomic E-state index is 13.7. The van der Waals surface area contributed by atoms with Crippen LogP contribution in [-0.2, 0) is 9.84 Å². The van der Waals surface area contributed by atoms with Crippen molar-refractivity contribution in [2.45, 2.75) is 6.92 Å². The van der Waals surface area contributed by atoms with Crippen LogP contribution in [0.5, 0.6) is 0 Å². The van der Waals surface area contributed by atoms with Crippen LogP contribution in [0.4, 0.5) is 10.1 Å². The number of sulfone groups is 1. The summed E-state index contributed by atoms with van der Waals surface area (Å²) in [5.41, 5.74) is 0.580. The quantitative estimate of drug-likeness (QED) is 0.763. The second kappa shape index (κ2) is 5.48. The van der Waals surface area contributed by atoms with Crippen molar-refractivity contribution in [1.29, 1.82) is 0 Å². The number of Topliss-reactive ketones (excluding diaryl/α,β-unsaturated/α-hetero) is 1. The normalized spacial score (nSPS) is 11.3. The lowest BCUT2D eigenvalue weighted by molar-refractivity contribution is 0.101. The molecule has 0 unspecified atom stereocenters. The summed E-state index contributed by atoms with van der Waals surface area (Å²) in [4.78, 5) is 12.6. The zero-order valence-electron chi connectivity index (χ0n) is 10.6. The zero-order chi connectivity index (χ0) is 13.9. The summed E-state index contributed by atoms with van der Waals surface area (Å²) in [5.74, 6) is -0.782. The van der Waals surface area contributed by atoms with Crippen molar-refractivity contribution in [1.82, 2.24) is 0 Å². The molecule has 0 saturated carbocycles. The van der Waals surface area contributed by atoms with E-state index in [9.17, 15) is 17.6 Å². The van der Waals surface area contributed by atoms with Crippen LogP contribution in [0.3, 0.4) is 0 Å². The molecule has 0 aliphatic rings. The average molecular weight is 273 g/mol. The predicted octanol–water partition coefficient (Wildman–Crippen LogP) is 1.51. The van der Waals surface area contributed by atoms with E-state index in [-0.39, 0.29) is 23.8 Å². The molecule has 18 heavy (non-hydrogen) atoms. The van der Waals surface area contributed by atoms with E-state index in [0.29, 0.717) is 5.56 Å². The van der Waals surface area contributed by atoms with Gasteiger partial charge in [0.15, 0.2) is 5.78 Å². The van der Waals surface area contributed by atoms with Crippen LogP contribution in [0.1, 0.15) is 17.3 Å². The van der Waals surface area contributed by atoms with E-state index in [0.717, 1.165) is 12.3 Å². The van der Waals surface area contributed by atoms with Crippen LogP contribution in [0, 0.1) is 5.82 Å². The summed E-state index contributed by atoms with van der Waals surface area (Å²) in [6.07, 6.45) is 1.13. The van der Waals surface area contributed by atoms with Gasteiger partial charge in [-0.3, -0.25) is 4.79 Å². The molecule has 1 aromatic carbocycles. The first-order chi connectivity index (χ1) is 8.20. The highest BCUT2D eigenvalue weighted by Gasteiger charge is 2.12. The number of rotatable bonds is 5. The molecule has 0 aromatic heterocycles. The van der Waals surface area contributed by atoms with E-state index in [4.69, 9.17) is 0 Å². The van der Waals surface area contributed by atoms with E-state index in [1.807, 2.05) is 0 Å². The Morgan fingerprint density at radius 2 is 2.00 bits per heavy atom. The Morgan fingerprint density at radius 1 is 1.39 bits per heavy atom. The molecule has 0 spiro atoms. The summed E-state index contributed by atoms with van der Waals surface area (Å²) >= 11 is 0. The van der Waals surface area contributed by atoms with Crippen molar-refractivity contribution < 1.29 is 17.6 Å². The van der Waals surface area contributed by atoms with Gasteiger partial charge in [0.1, 0.15) is 15.7 Å². The molecule has 0 aliphatic carbocycles.